The second-order valence-electron chi connectivity index (χ2n) is 10.9. The van der Waals surface area contributed by atoms with Crippen molar-refractivity contribution in [3.05, 3.63) is 94.6 Å². The summed E-state index contributed by atoms with van der Waals surface area (Å²) in [5, 5.41) is 0. The van der Waals surface area contributed by atoms with Crippen LogP contribution in [-0.4, -0.2) is 44.1 Å². The molecule has 3 aliphatic heterocycles. The largest absolute Gasteiger partial charge is 0.480 e. The Morgan fingerprint density at radius 2 is 1.70 bits per heavy atom. The minimum atomic E-state index is -0.647. The van der Waals surface area contributed by atoms with Gasteiger partial charge in [0.25, 0.3) is 0 Å². The van der Waals surface area contributed by atoms with E-state index in [1.165, 1.54) is 12.1 Å². The quantitative estimate of drug-likeness (QED) is 0.271. The minimum Gasteiger partial charge on any atom is -0.480 e. The number of benzene rings is 3. The molecule has 6 rings (SSSR count). The number of allylic oxidation sites excluding steroid dienone is 1. The van der Waals surface area contributed by atoms with Gasteiger partial charge in [-0.3, -0.25) is 9.29 Å². The van der Waals surface area contributed by atoms with Gasteiger partial charge in [-0.1, -0.05) is 37.8 Å². The Bertz CT molecular complexity index is 1480. The van der Waals surface area contributed by atoms with Crippen molar-refractivity contribution >= 4 is 11.1 Å². The maximum absolute atomic E-state index is 14.3. The molecule has 2 fully saturated rings. The van der Waals surface area contributed by atoms with E-state index in [0.29, 0.717) is 35.8 Å². The fourth-order valence-electron chi connectivity index (χ4n) is 5.68. The molecule has 0 bridgehead atoms. The highest BCUT2D eigenvalue weighted by molar-refractivity contribution is 5.95. The van der Waals surface area contributed by atoms with Crippen molar-refractivity contribution < 1.29 is 27.4 Å². The lowest BCUT2D eigenvalue weighted by Crippen LogP contribution is -2.47. The van der Waals surface area contributed by atoms with Crippen LogP contribution in [-0.2, 0) is 4.74 Å². The average Bonchev–Trinajstić information content (AvgIpc) is 2.99. The van der Waals surface area contributed by atoms with Crippen molar-refractivity contribution in [1.29, 1.82) is 0 Å². The summed E-state index contributed by atoms with van der Waals surface area (Å²) in [6.45, 7) is 8.46. The molecule has 3 aromatic carbocycles. The first-order valence-electron chi connectivity index (χ1n) is 15.1. The fraction of sp³-hybridized carbons (Fsp3) is 0.389. The third-order valence-electron chi connectivity index (χ3n) is 7.85. The van der Waals surface area contributed by atoms with Gasteiger partial charge in [-0.2, -0.15) is 0 Å². The second-order valence-corrected chi connectivity index (χ2v) is 10.9. The van der Waals surface area contributed by atoms with Gasteiger partial charge < -0.3 is 14.2 Å². The van der Waals surface area contributed by atoms with Crippen LogP contribution in [0.5, 0.6) is 11.5 Å². The lowest BCUT2D eigenvalue weighted by atomic mass is 9.86. The summed E-state index contributed by atoms with van der Waals surface area (Å²) >= 11 is 0. The highest BCUT2D eigenvalue weighted by atomic mass is 19.1. The van der Waals surface area contributed by atoms with Gasteiger partial charge >= 0.3 is 0 Å². The van der Waals surface area contributed by atoms with Crippen LogP contribution in [0, 0.1) is 29.4 Å². The smallest absolute Gasteiger partial charge is 0.199 e. The Balaban J connectivity index is 0.00000180. The summed E-state index contributed by atoms with van der Waals surface area (Å²) < 4.78 is 59.7. The molecule has 0 aromatic heterocycles. The lowest BCUT2D eigenvalue weighted by molar-refractivity contribution is -0.105. The van der Waals surface area contributed by atoms with E-state index in [2.05, 4.69) is 16.7 Å². The standard InChI is InChI=1S/C34H32F3NO3.C2H6/c1-22-30-12-11-29(40-32-6-2-3-14-39-32)18-31(30)41-34(33(22)26-15-27(36)17-28(37)16-26)25-9-7-23(8-10-25)5-4-13-38-20-24(19-35)21-38;1-2/h7-12,15-18,24,32,34H,2-3,6,13-14,19-21H2,1H3;1-2H3. The van der Waals surface area contributed by atoms with Crippen molar-refractivity contribution in [3.63, 3.8) is 0 Å². The molecule has 0 N–H and O–H groups in total. The van der Waals surface area contributed by atoms with E-state index in [-0.39, 0.29) is 18.9 Å². The van der Waals surface area contributed by atoms with E-state index in [9.17, 15) is 13.2 Å². The Labute approximate surface area is 252 Å². The predicted molar refractivity (Wildman–Crippen MR) is 163 cm³/mol. The van der Waals surface area contributed by atoms with Crippen molar-refractivity contribution in [2.24, 2.45) is 5.92 Å². The van der Waals surface area contributed by atoms with E-state index in [1.54, 1.807) is 0 Å². The molecule has 4 nitrogen and oxygen atoms in total. The molecule has 2 unspecified atom stereocenters. The summed E-state index contributed by atoms with van der Waals surface area (Å²) in [7, 11) is 0. The number of hydrogen-bond donors (Lipinski definition) is 0. The Hall–Kier alpha value is -3.73. The van der Waals surface area contributed by atoms with E-state index in [0.717, 1.165) is 60.7 Å². The Morgan fingerprint density at radius 1 is 0.953 bits per heavy atom. The van der Waals surface area contributed by atoms with Crippen LogP contribution < -0.4 is 9.47 Å². The third kappa shape index (κ3) is 7.26. The summed E-state index contributed by atoms with van der Waals surface area (Å²) in [5.74, 6) is 6.45. The zero-order valence-corrected chi connectivity index (χ0v) is 25.0. The molecule has 3 aromatic rings. The molecular weight excluding hydrogens is 551 g/mol. The van der Waals surface area contributed by atoms with E-state index in [1.807, 2.05) is 63.2 Å². The van der Waals surface area contributed by atoms with Crippen molar-refractivity contribution in [1.82, 2.24) is 4.90 Å². The average molecular weight is 590 g/mol. The molecule has 0 spiro atoms. The molecule has 3 heterocycles. The van der Waals surface area contributed by atoms with Crippen LogP contribution >= 0.6 is 0 Å². The van der Waals surface area contributed by atoms with Crippen LogP contribution in [0.25, 0.3) is 11.1 Å². The van der Waals surface area contributed by atoms with Crippen LogP contribution in [0.2, 0.25) is 0 Å². The molecule has 2 atom stereocenters. The highest BCUT2D eigenvalue weighted by Gasteiger charge is 2.31. The maximum Gasteiger partial charge on any atom is 0.199 e. The number of halogens is 3. The molecule has 0 radical (unpaired) electrons. The van der Waals surface area contributed by atoms with Crippen molar-refractivity contribution in [2.45, 2.75) is 52.4 Å². The van der Waals surface area contributed by atoms with Gasteiger partial charge in [-0.25, -0.2) is 8.78 Å². The number of alkyl halides is 1. The van der Waals surface area contributed by atoms with Gasteiger partial charge in [0, 0.05) is 54.3 Å². The fourth-order valence-corrected chi connectivity index (χ4v) is 5.68. The van der Waals surface area contributed by atoms with Crippen LogP contribution in [0.3, 0.4) is 0 Å². The number of rotatable bonds is 6. The zero-order chi connectivity index (χ0) is 30.3. The number of ether oxygens (including phenoxy) is 3. The van der Waals surface area contributed by atoms with Gasteiger partial charge in [0.1, 0.15) is 29.2 Å². The van der Waals surface area contributed by atoms with Crippen molar-refractivity contribution in [3.8, 4) is 23.3 Å². The SMILES string of the molecule is CC.CC1=C(c2cc(F)cc(F)c2)C(c2ccc(C#CCN3CC(CF)C3)cc2)Oc2cc(OC3CCCCO3)ccc21. The normalized spacial score (nSPS) is 20.0. The summed E-state index contributed by atoms with van der Waals surface area (Å²) in [6.07, 6.45) is 2.03. The summed E-state index contributed by atoms with van der Waals surface area (Å²) in [5.41, 5.74) is 4.49. The van der Waals surface area contributed by atoms with Gasteiger partial charge in [0.2, 0.25) is 0 Å². The molecule has 226 valence electrons. The second kappa shape index (κ2) is 14.2. The number of hydrogen-bond acceptors (Lipinski definition) is 4. The van der Waals surface area contributed by atoms with Gasteiger partial charge in [-0.05, 0) is 72.9 Å². The monoisotopic (exact) mass is 589 g/mol. The molecule has 3 aliphatic rings. The zero-order valence-electron chi connectivity index (χ0n) is 25.0. The first kappa shape index (κ1) is 30.7. The van der Waals surface area contributed by atoms with Gasteiger partial charge in [0.15, 0.2) is 6.29 Å². The molecule has 43 heavy (non-hydrogen) atoms. The third-order valence-corrected chi connectivity index (χ3v) is 7.85. The Morgan fingerprint density at radius 3 is 2.37 bits per heavy atom. The number of likely N-dealkylation sites (tertiary alicyclic amines) is 1. The molecule has 0 saturated carbocycles. The molecular formula is C36H38F3NO3. The minimum absolute atomic E-state index is 0.136. The highest BCUT2D eigenvalue weighted by Crippen LogP contribution is 2.47. The van der Waals surface area contributed by atoms with Crippen molar-refractivity contribution in [2.75, 3.05) is 32.9 Å². The maximum atomic E-state index is 14.3. The first-order chi connectivity index (χ1) is 21.0. The molecule has 7 heteroatoms. The van der Waals surface area contributed by atoms with E-state index in [4.69, 9.17) is 14.2 Å². The van der Waals surface area contributed by atoms with Gasteiger partial charge in [-0.15, -0.1) is 0 Å². The summed E-state index contributed by atoms with van der Waals surface area (Å²) in [6, 6.07) is 16.9. The Kier molecular flexibility index (Phi) is 10.1. The number of fused-ring (bicyclic) bond motifs is 1. The van der Waals surface area contributed by atoms with E-state index < -0.39 is 17.7 Å². The topological polar surface area (TPSA) is 30.9 Å². The molecule has 0 amide bonds. The van der Waals surface area contributed by atoms with Crippen LogP contribution in [0.1, 0.15) is 68.4 Å². The number of nitrogens with zero attached hydrogens (tertiary/aromatic N) is 1. The molecule has 2 saturated heterocycles. The first-order valence-corrected chi connectivity index (χ1v) is 15.1. The van der Waals surface area contributed by atoms with Gasteiger partial charge in [0.05, 0.1) is 19.8 Å². The predicted octanol–water partition coefficient (Wildman–Crippen LogP) is 8.21. The lowest BCUT2D eigenvalue weighted by Gasteiger charge is -2.36. The van der Waals surface area contributed by atoms with Crippen LogP contribution in [0.4, 0.5) is 13.2 Å². The van der Waals surface area contributed by atoms with E-state index >= 15 is 0 Å². The summed E-state index contributed by atoms with van der Waals surface area (Å²) in [4.78, 5) is 2.12. The van der Waals surface area contributed by atoms with Crippen LogP contribution in [0.15, 0.2) is 60.7 Å². The molecule has 0 aliphatic carbocycles.